The molecular formula is C25H34N2O2. The molecule has 0 aromatic carbocycles. The van der Waals surface area contributed by atoms with Crippen LogP contribution < -0.4 is 0 Å². The summed E-state index contributed by atoms with van der Waals surface area (Å²) in [6.07, 6.45) is 14.1. The van der Waals surface area contributed by atoms with Crippen LogP contribution in [0.25, 0.3) is 0 Å². The number of rotatable bonds is 5. The van der Waals surface area contributed by atoms with Crippen LogP contribution >= 0.6 is 0 Å². The molecule has 156 valence electrons. The summed E-state index contributed by atoms with van der Waals surface area (Å²) in [4.78, 5) is 21.8. The van der Waals surface area contributed by atoms with Crippen LogP contribution in [0.1, 0.15) is 98.7 Å². The highest BCUT2D eigenvalue weighted by atomic mass is 16.4. The zero-order chi connectivity index (χ0) is 20.5. The Morgan fingerprint density at radius 3 is 2.59 bits per heavy atom. The van der Waals surface area contributed by atoms with Gasteiger partial charge in [0, 0.05) is 29.2 Å². The van der Waals surface area contributed by atoms with Crippen LogP contribution in [0.5, 0.6) is 0 Å². The zero-order valence-electron chi connectivity index (χ0n) is 18.1. The fourth-order valence-corrected chi connectivity index (χ4v) is 6.03. The Morgan fingerprint density at radius 2 is 1.93 bits per heavy atom. The second kappa shape index (κ2) is 8.41. The summed E-state index contributed by atoms with van der Waals surface area (Å²) >= 11 is 0. The van der Waals surface area contributed by atoms with Crippen LogP contribution in [0.3, 0.4) is 0 Å². The fourth-order valence-electron chi connectivity index (χ4n) is 6.03. The Kier molecular flexibility index (Phi) is 5.89. The first-order chi connectivity index (χ1) is 14.0. The molecule has 0 amide bonds. The van der Waals surface area contributed by atoms with Gasteiger partial charge in [0.2, 0.25) is 0 Å². The van der Waals surface area contributed by atoms with Gasteiger partial charge in [-0.25, -0.2) is 0 Å². The Bertz CT molecular complexity index is 855. The van der Waals surface area contributed by atoms with Crippen molar-refractivity contribution in [3.63, 3.8) is 0 Å². The lowest BCUT2D eigenvalue weighted by atomic mass is 9.67. The van der Waals surface area contributed by atoms with Crippen LogP contribution in [-0.4, -0.2) is 22.3 Å². The van der Waals surface area contributed by atoms with E-state index in [1.54, 1.807) is 0 Å². The van der Waals surface area contributed by atoms with Crippen molar-refractivity contribution in [1.29, 1.82) is 0 Å². The van der Waals surface area contributed by atoms with E-state index in [0.717, 1.165) is 54.5 Å². The molecule has 1 saturated carbocycles. The highest BCUT2D eigenvalue weighted by Gasteiger charge is 2.37. The number of allylic oxidation sites excluding steroid dienone is 2. The third-order valence-corrected chi connectivity index (χ3v) is 7.34. The molecule has 2 aliphatic carbocycles. The molecular weight excluding hydrogens is 360 g/mol. The van der Waals surface area contributed by atoms with E-state index in [4.69, 9.17) is 4.98 Å². The predicted octanol–water partition coefficient (Wildman–Crippen LogP) is 5.73. The van der Waals surface area contributed by atoms with Crippen LogP contribution in [-0.2, 0) is 17.6 Å². The molecule has 0 radical (unpaired) electrons. The second-order valence-corrected chi connectivity index (χ2v) is 9.30. The first kappa shape index (κ1) is 20.3. The average Bonchev–Trinajstić information content (AvgIpc) is 2.70. The van der Waals surface area contributed by atoms with Crippen LogP contribution in [0.2, 0.25) is 0 Å². The summed E-state index contributed by atoms with van der Waals surface area (Å²) in [7, 11) is 0. The van der Waals surface area contributed by atoms with Gasteiger partial charge in [-0.1, -0.05) is 32.3 Å². The monoisotopic (exact) mass is 394 g/mol. The molecule has 4 heteroatoms. The maximum Gasteiger partial charge on any atom is 0.311 e. The van der Waals surface area contributed by atoms with Gasteiger partial charge >= 0.3 is 5.97 Å². The molecule has 1 aliphatic heterocycles. The lowest BCUT2D eigenvalue weighted by Crippen LogP contribution is -2.32. The van der Waals surface area contributed by atoms with Gasteiger partial charge in [-0.15, -0.1) is 0 Å². The van der Waals surface area contributed by atoms with Gasteiger partial charge in [-0.2, -0.15) is 0 Å². The largest absolute Gasteiger partial charge is 0.481 e. The number of carboxylic acid groups (broad SMARTS) is 1. The number of aromatic nitrogens is 1. The molecule has 3 aliphatic rings. The minimum absolute atomic E-state index is 0.219. The van der Waals surface area contributed by atoms with Crippen LogP contribution in [0.15, 0.2) is 16.8 Å². The average molecular weight is 395 g/mol. The van der Waals surface area contributed by atoms with Gasteiger partial charge in [0.1, 0.15) is 0 Å². The third kappa shape index (κ3) is 3.91. The third-order valence-electron chi connectivity index (χ3n) is 7.34. The van der Waals surface area contributed by atoms with E-state index in [-0.39, 0.29) is 5.92 Å². The number of nitrogens with zero attached hydrogens (tertiary/aromatic N) is 2. The molecule has 1 fully saturated rings. The molecule has 4 nitrogen and oxygen atoms in total. The van der Waals surface area contributed by atoms with Gasteiger partial charge < -0.3 is 5.11 Å². The van der Waals surface area contributed by atoms with Gasteiger partial charge in [0.05, 0.1) is 5.92 Å². The van der Waals surface area contributed by atoms with E-state index >= 15 is 0 Å². The van der Waals surface area contributed by atoms with Gasteiger partial charge in [-0.3, -0.25) is 14.8 Å². The number of aliphatic carboxylic acids is 1. The molecule has 2 heterocycles. The SMILES string of the molecule is CCCC(C(=O)O)c1c(C)nc2c(c1C1C=C(C)N=CC1)CC1CCCCC1C2. The first-order valence-electron chi connectivity index (χ1n) is 11.5. The fraction of sp³-hybridized carbons (Fsp3) is 0.640. The highest BCUT2D eigenvalue weighted by Crippen LogP contribution is 2.45. The Balaban J connectivity index is 1.89. The van der Waals surface area contributed by atoms with Crippen molar-refractivity contribution in [2.45, 2.75) is 90.4 Å². The number of fused-ring (bicyclic) bond motifs is 2. The topological polar surface area (TPSA) is 62.5 Å². The minimum atomic E-state index is -0.713. The molecule has 0 saturated heterocycles. The minimum Gasteiger partial charge on any atom is -0.481 e. The van der Waals surface area contributed by atoms with E-state index < -0.39 is 11.9 Å². The summed E-state index contributed by atoms with van der Waals surface area (Å²) < 4.78 is 0. The maximum absolute atomic E-state index is 12.3. The molecule has 0 spiro atoms. The van der Waals surface area contributed by atoms with E-state index in [1.807, 2.05) is 20.1 Å². The predicted molar refractivity (Wildman–Crippen MR) is 117 cm³/mol. The number of carbonyl (C=O) groups is 1. The van der Waals surface area contributed by atoms with Crippen molar-refractivity contribution in [3.05, 3.63) is 39.9 Å². The van der Waals surface area contributed by atoms with Crippen molar-refractivity contribution >= 4 is 12.2 Å². The first-order valence-corrected chi connectivity index (χ1v) is 11.5. The number of carboxylic acids is 1. The number of aryl methyl sites for hydroxylation is 1. The quantitative estimate of drug-likeness (QED) is 0.694. The normalized spacial score (nSPS) is 27.0. The lowest BCUT2D eigenvalue weighted by Gasteiger charge is -2.39. The van der Waals surface area contributed by atoms with Gasteiger partial charge in [-0.05, 0) is 80.9 Å². The van der Waals surface area contributed by atoms with Gasteiger partial charge in [0.25, 0.3) is 0 Å². The van der Waals surface area contributed by atoms with Crippen LogP contribution in [0, 0.1) is 18.8 Å². The van der Waals surface area contributed by atoms with Crippen molar-refractivity contribution in [3.8, 4) is 0 Å². The number of hydrogen-bond acceptors (Lipinski definition) is 3. The molecule has 0 bridgehead atoms. The van der Waals surface area contributed by atoms with E-state index in [0.29, 0.717) is 6.42 Å². The Morgan fingerprint density at radius 1 is 1.21 bits per heavy atom. The van der Waals surface area contributed by atoms with E-state index in [2.05, 4.69) is 18.0 Å². The molecule has 4 atom stereocenters. The molecule has 4 unspecified atom stereocenters. The Hall–Kier alpha value is -1.97. The summed E-state index contributed by atoms with van der Waals surface area (Å²) in [6, 6.07) is 0. The molecule has 1 aromatic heterocycles. The standard InChI is InChI=1S/C25H34N2O2/c1-4-7-20(25(28)29)23-16(3)27-22-14-18-9-6-5-8-17(18)13-21(22)24(23)19-10-11-26-15(2)12-19/h11-12,17-20H,4-10,13-14H2,1-3H3,(H,28,29). The van der Waals surface area contributed by atoms with E-state index in [1.165, 1.54) is 42.5 Å². The van der Waals surface area contributed by atoms with Gasteiger partial charge in [0.15, 0.2) is 0 Å². The van der Waals surface area contributed by atoms with Crippen molar-refractivity contribution in [2.75, 3.05) is 0 Å². The number of aliphatic imine (C=N–C) groups is 1. The summed E-state index contributed by atoms with van der Waals surface area (Å²) in [6.45, 7) is 6.15. The molecule has 4 rings (SSSR count). The van der Waals surface area contributed by atoms with Crippen molar-refractivity contribution in [2.24, 2.45) is 16.8 Å². The number of pyridine rings is 1. The molecule has 1 N–H and O–H groups in total. The van der Waals surface area contributed by atoms with Crippen LogP contribution in [0.4, 0.5) is 0 Å². The summed E-state index contributed by atoms with van der Waals surface area (Å²) in [5, 5.41) is 10.1. The highest BCUT2D eigenvalue weighted by molar-refractivity contribution is 5.78. The smallest absolute Gasteiger partial charge is 0.311 e. The second-order valence-electron chi connectivity index (χ2n) is 9.30. The Labute approximate surface area is 174 Å². The maximum atomic E-state index is 12.3. The van der Waals surface area contributed by atoms with Crippen molar-refractivity contribution in [1.82, 2.24) is 4.98 Å². The lowest BCUT2D eigenvalue weighted by molar-refractivity contribution is -0.139. The zero-order valence-corrected chi connectivity index (χ0v) is 18.1. The van der Waals surface area contributed by atoms with E-state index in [9.17, 15) is 9.90 Å². The summed E-state index contributed by atoms with van der Waals surface area (Å²) in [5.41, 5.74) is 6.87. The molecule has 1 aromatic rings. The summed E-state index contributed by atoms with van der Waals surface area (Å²) in [5.74, 6) is 0.540. The molecule has 29 heavy (non-hydrogen) atoms. The van der Waals surface area contributed by atoms with Crippen molar-refractivity contribution < 1.29 is 9.90 Å². The number of hydrogen-bond donors (Lipinski definition) is 1.